The van der Waals surface area contributed by atoms with E-state index in [2.05, 4.69) is 15.3 Å². The molecule has 1 heterocycles. The van der Waals surface area contributed by atoms with Crippen LogP contribution in [-0.4, -0.2) is 26.1 Å². The first-order chi connectivity index (χ1) is 8.56. The lowest BCUT2D eigenvalue weighted by molar-refractivity contribution is 0.102. The normalized spacial score (nSPS) is 10.1. The molecule has 0 bridgehead atoms. The summed E-state index contributed by atoms with van der Waals surface area (Å²) in [4.78, 5) is 19.3. The molecule has 2 aromatic rings. The summed E-state index contributed by atoms with van der Waals surface area (Å²) in [7, 11) is 0. The Labute approximate surface area is 107 Å². The highest BCUT2D eigenvalue weighted by Gasteiger charge is 2.12. The lowest BCUT2D eigenvalue weighted by atomic mass is 10.2. The number of phenolic OH excluding ortho intramolecular Hbond substituents is 2. The predicted molar refractivity (Wildman–Crippen MR) is 64.8 cm³/mol. The van der Waals surface area contributed by atoms with Crippen molar-refractivity contribution in [3.63, 3.8) is 0 Å². The number of anilines is 1. The predicted octanol–water partition coefficient (Wildman–Crippen LogP) is 1.79. The van der Waals surface area contributed by atoms with Crippen LogP contribution in [0.15, 0.2) is 30.6 Å². The van der Waals surface area contributed by atoms with Gasteiger partial charge in [0.15, 0.2) is 0 Å². The van der Waals surface area contributed by atoms with Crippen molar-refractivity contribution in [1.29, 1.82) is 0 Å². The SMILES string of the molecule is O=C(Nc1cc(Cl)ncn1)c1cc(O)ccc1O. The summed E-state index contributed by atoms with van der Waals surface area (Å²) in [5, 5.41) is 21.4. The van der Waals surface area contributed by atoms with Gasteiger partial charge < -0.3 is 15.5 Å². The summed E-state index contributed by atoms with van der Waals surface area (Å²) >= 11 is 5.64. The molecule has 3 N–H and O–H groups in total. The largest absolute Gasteiger partial charge is 0.508 e. The number of carbonyl (C=O) groups excluding carboxylic acids is 1. The number of amides is 1. The van der Waals surface area contributed by atoms with Crippen molar-refractivity contribution in [2.75, 3.05) is 5.32 Å². The number of rotatable bonds is 2. The summed E-state index contributed by atoms with van der Waals surface area (Å²) < 4.78 is 0. The Kier molecular flexibility index (Phi) is 3.29. The third-order valence-electron chi connectivity index (χ3n) is 2.10. The number of nitrogens with one attached hydrogen (secondary N) is 1. The Bertz CT molecular complexity index is 604. The lowest BCUT2D eigenvalue weighted by Gasteiger charge is -2.06. The van der Waals surface area contributed by atoms with Crippen molar-refractivity contribution in [2.24, 2.45) is 0 Å². The number of carbonyl (C=O) groups is 1. The molecule has 7 heteroatoms. The van der Waals surface area contributed by atoms with Crippen molar-refractivity contribution in [3.8, 4) is 11.5 Å². The topological polar surface area (TPSA) is 95.3 Å². The smallest absolute Gasteiger partial charge is 0.260 e. The molecule has 2 rings (SSSR count). The van der Waals surface area contributed by atoms with Gasteiger partial charge in [0.1, 0.15) is 28.8 Å². The van der Waals surface area contributed by atoms with Crippen molar-refractivity contribution in [2.45, 2.75) is 0 Å². The highest BCUT2D eigenvalue weighted by molar-refractivity contribution is 6.29. The fraction of sp³-hybridized carbons (Fsp3) is 0. The molecule has 0 radical (unpaired) electrons. The van der Waals surface area contributed by atoms with Gasteiger partial charge in [-0.2, -0.15) is 0 Å². The molecule has 6 nitrogen and oxygen atoms in total. The van der Waals surface area contributed by atoms with E-state index < -0.39 is 5.91 Å². The average Bonchev–Trinajstić information content (AvgIpc) is 2.32. The first-order valence-corrected chi connectivity index (χ1v) is 5.25. The zero-order valence-electron chi connectivity index (χ0n) is 8.96. The van der Waals surface area contributed by atoms with Crippen LogP contribution in [0.3, 0.4) is 0 Å². The van der Waals surface area contributed by atoms with Crippen molar-refractivity contribution in [3.05, 3.63) is 41.3 Å². The van der Waals surface area contributed by atoms with Crippen molar-refractivity contribution < 1.29 is 15.0 Å². The van der Waals surface area contributed by atoms with Crippen molar-refractivity contribution in [1.82, 2.24) is 9.97 Å². The second-order valence-electron chi connectivity index (χ2n) is 3.38. The molecule has 0 fully saturated rings. The van der Waals surface area contributed by atoms with Gasteiger partial charge in [-0.05, 0) is 18.2 Å². The van der Waals surface area contributed by atoms with Gasteiger partial charge in [-0.1, -0.05) is 11.6 Å². The molecule has 0 aliphatic heterocycles. The van der Waals surface area contributed by atoms with Crippen molar-refractivity contribution >= 4 is 23.3 Å². The number of aromatic nitrogens is 2. The maximum Gasteiger partial charge on any atom is 0.260 e. The zero-order valence-corrected chi connectivity index (χ0v) is 9.72. The van der Waals surface area contributed by atoms with Gasteiger partial charge in [-0.15, -0.1) is 0 Å². The van der Waals surface area contributed by atoms with Gasteiger partial charge in [0, 0.05) is 6.07 Å². The Morgan fingerprint density at radius 2 is 2.00 bits per heavy atom. The minimum absolute atomic E-state index is 0.0651. The summed E-state index contributed by atoms with van der Waals surface area (Å²) in [5.41, 5.74) is -0.0651. The fourth-order valence-electron chi connectivity index (χ4n) is 1.29. The quantitative estimate of drug-likeness (QED) is 0.568. The monoisotopic (exact) mass is 265 g/mol. The van der Waals surface area contributed by atoms with Gasteiger partial charge in [0.2, 0.25) is 0 Å². The third-order valence-corrected chi connectivity index (χ3v) is 2.31. The number of hydrogen-bond donors (Lipinski definition) is 3. The van der Waals surface area contributed by atoms with E-state index in [1.165, 1.54) is 24.5 Å². The fourth-order valence-corrected chi connectivity index (χ4v) is 1.44. The maximum atomic E-state index is 11.8. The molecule has 0 unspecified atom stereocenters. The molecule has 1 amide bonds. The first kappa shape index (κ1) is 12.1. The molecule has 18 heavy (non-hydrogen) atoms. The molecule has 0 aliphatic carbocycles. The Balaban J connectivity index is 2.24. The minimum atomic E-state index is -0.613. The van der Waals surface area contributed by atoms with E-state index in [1.54, 1.807) is 0 Å². The Hall–Kier alpha value is -2.34. The molecule has 0 aliphatic rings. The number of aromatic hydroxyl groups is 2. The van der Waals surface area contributed by atoms with Crippen LogP contribution in [-0.2, 0) is 0 Å². The maximum absolute atomic E-state index is 11.8. The molecule has 0 saturated heterocycles. The van der Waals surface area contributed by atoms with Crippen LogP contribution >= 0.6 is 11.6 Å². The number of phenols is 2. The van der Waals surface area contributed by atoms with Crippen LogP contribution in [0.1, 0.15) is 10.4 Å². The van der Waals surface area contributed by atoms with Gasteiger partial charge in [-0.25, -0.2) is 9.97 Å². The third kappa shape index (κ3) is 2.67. The molecule has 0 saturated carbocycles. The number of benzene rings is 1. The van der Waals surface area contributed by atoms with E-state index in [9.17, 15) is 15.0 Å². The van der Waals surface area contributed by atoms with Crippen LogP contribution in [0.25, 0.3) is 0 Å². The van der Waals surface area contributed by atoms with Gasteiger partial charge >= 0.3 is 0 Å². The van der Waals surface area contributed by atoms with E-state index in [1.807, 2.05) is 0 Å². The van der Waals surface area contributed by atoms with E-state index >= 15 is 0 Å². The molecule has 92 valence electrons. The summed E-state index contributed by atoms with van der Waals surface area (Å²) in [5.74, 6) is -0.787. The van der Waals surface area contributed by atoms with Crippen LogP contribution in [0.2, 0.25) is 5.15 Å². The zero-order chi connectivity index (χ0) is 13.1. The van der Waals surface area contributed by atoms with E-state index in [4.69, 9.17) is 11.6 Å². The summed E-state index contributed by atoms with van der Waals surface area (Å²) in [6.07, 6.45) is 1.19. The molecule has 0 spiro atoms. The molecular formula is C11H8ClN3O3. The molecule has 0 atom stereocenters. The lowest BCUT2D eigenvalue weighted by Crippen LogP contribution is -2.13. The second kappa shape index (κ2) is 4.89. The number of halogens is 1. The standard InChI is InChI=1S/C11H8ClN3O3/c12-9-4-10(14-5-13-9)15-11(18)7-3-6(16)1-2-8(7)17/h1-5,16-17H,(H,13,14,15,18). The number of nitrogens with zero attached hydrogens (tertiary/aromatic N) is 2. The molecular weight excluding hydrogens is 258 g/mol. The van der Waals surface area contributed by atoms with Crippen LogP contribution < -0.4 is 5.32 Å². The average molecular weight is 266 g/mol. The highest BCUT2D eigenvalue weighted by Crippen LogP contribution is 2.23. The van der Waals surface area contributed by atoms with Crippen LogP contribution in [0.5, 0.6) is 11.5 Å². The van der Waals surface area contributed by atoms with E-state index in [-0.39, 0.29) is 28.0 Å². The number of hydrogen-bond acceptors (Lipinski definition) is 5. The molecule has 1 aromatic heterocycles. The van der Waals surface area contributed by atoms with E-state index in [0.717, 1.165) is 6.07 Å². The van der Waals surface area contributed by atoms with Gasteiger partial charge in [0.05, 0.1) is 5.56 Å². The second-order valence-corrected chi connectivity index (χ2v) is 3.77. The molecule has 1 aromatic carbocycles. The minimum Gasteiger partial charge on any atom is -0.508 e. The summed E-state index contributed by atoms with van der Waals surface area (Å²) in [6.45, 7) is 0. The van der Waals surface area contributed by atoms with Gasteiger partial charge in [-0.3, -0.25) is 4.79 Å². The van der Waals surface area contributed by atoms with Crippen LogP contribution in [0, 0.1) is 0 Å². The highest BCUT2D eigenvalue weighted by atomic mass is 35.5. The Morgan fingerprint density at radius 1 is 1.22 bits per heavy atom. The Morgan fingerprint density at radius 3 is 2.72 bits per heavy atom. The first-order valence-electron chi connectivity index (χ1n) is 4.87. The van der Waals surface area contributed by atoms with E-state index in [0.29, 0.717) is 0 Å². The van der Waals surface area contributed by atoms with Crippen LogP contribution in [0.4, 0.5) is 5.82 Å². The van der Waals surface area contributed by atoms with Gasteiger partial charge in [0.25, 0.3) is 5.91 Å². The summed E-state index contributed by atoms with van der Waals surface area (Å²) in [6, 6.07) is 5.00.